The van der Waals surface area contributed by atoms with Crippen molar-refractivity contribution in [3.8, 4) is 11.5 Å². The molecule has 0 atom stereocenters. The molecule has 148 valence electrons. The molecule has 1 N–H and O–H groups in total. The smallest absolute Gasteiger partial charge is 0.224 e. The fourth-order valence-corrected chi connectivity index (χ4v) is 3.13. The van der Waals surface area contributed by atoms with Gasteiger partial charge < -0.3 is 15.1 Å². The van der Waals surface area contributed by atoms with Crippen molar-refractivity contribution in [2.24, 2.45) is 0 Å². The minimum Gasteiger partial charge on any atom is -0.369 e. The normalized spacial score (nSPS) is 14.1. The molecular weight excluding hydrogens is 356 g/mol. The summed E-state index contributed by atoms with van der Waals surface area (Å²) < 4.78 is 0. The fraction of sp³-hybridized carbons (Fsp3) is 0.450. The molecule has 0 unspecified atom stereocenters. The van der Waals surface area contributed by atoms with Gasteiger partial charge in [-0.05, 0) is 26.0 Å². The molecule has 28 heavy (non-hydrogen) atoms. The lowest BCUT2D eigenvalue weighted by Gasteiger charge is -2.34. The van der Waals surface area contributed by atoms with Gasteiger partial charge in [0.2, 0.25) is 11.8 Å². The second-order valence-corrected chi connectivity index (χ2v) is 6.88. The van der Waals surface area contributed by atoms with Crippen molar-refractivity contribution in [3.05, 3.63) is 35.7 Å². The Morgan fingerprint density at radius 3 is 2.43 bits per heavy atom. The van der Waals surface area contributed by atoms with Crippen LogP contribution >= 0.6 is 0 Å². The van der Waals surface area contributed by atoms with Crippen molar-refractivity contribution >= 4 is 17.6 Å². The van der Waals surface area contributed by atoms with Crippen LogP contribution in [0, 0.1) is 13.8 Å². The van der Waals surface area contributed by atoms with Crippen LogP contribution in [0.4, 0.5) is 5.82 Å². The molecule has 2 aromatic rings. The number of amides is 2. The molecule has 0 bridgehead atoms. The number of carbonyl (C=O) groups is 2. The lowest BCUT2D eigenvalue weighted by Crippen LogP contribution is -2.50. The molecule has 0 spiro atoms. The number of carbonyl (C=O) groups excluding carboxylic acids is 2. The van der Waals surface area contributed by atoms with Crippen LogP contribution in [0.25, 0.3) is 11.5 Å². The Kier molecular flexibility index (Phi) is 6.18. The van der Waals surface area contributed by atoms with Crippen molar-refractivity contribution in [2.75, 3.05) is 38.0 Å². The molecule has 1 fully saturated rings. The van der Waals surface area contributed by atoms with Gasteiger partial charge in [0, 0.05) is 63.5 Å². The van der Waals surface area contributed by atoms with Crippen LogP contribution < -0.4 is 5.32 Å². The third-order valence-corrected chi connectivity index (χ3v) is 4.99. The van der Waals surface area contributed by atoms with Crippen molar-refractivity contribution in [1.82, 2.24) is 24.8 Å². The Hall–Kier alpha value is -3.03. The van der Waals surface area contributed by atoms with Crippen LogP contribution in [-0.2, 0) is 9.59 Å². The average Bonchev–Trinajstić information content (AvgIpc) is 2.71. The van der Waals surface area contributed by atoms with Gasteiger partial charge in [-0.25, -0.2) is 9.97 Å². The van der Waals surface area contributed by atoms with Gasteiger partial charge in [0.25, 0.3) is 0 Å². The zero-order valence-corrected chi connectivity index (χ0v) is 16.6. The third kappa shape index (κ3) is 4.62. The van der Waals surface area contributed by atoms with E-state index in [0.29, 0.717) is 50.7 Å². The molecule has 8 nitrogen and oxygen atoms in total. The standard InChI is InChI=1S/C20H26N6O2/c1-14-15(2)23-20(17-6-4-5-8-21-17)24-19(14)22-9-7-18(28)26-12-10-25(11-13-26)16(3)27/h4-6,8H,7,9-13H2,1-3H3,(H,22,23,24). The van der Waals surface area contributed by atoms with Crippen LogP contribution in [-0.4, -0.2) is 69.3 Å². The van der Waals surface area contributed by atoms with E-state index in [1.54, 1.807) is 18.0 Å². The van der Waals surface area contributed by atoms with E-state index in [9.17, 15) is 9.59 Å². The van der Waals surface area contributed by atoms with E-state index in [2.05, 4.69) is 20.3 Å². The summed E-state index contributed by atoms with van der Waals surface area (Å²) in [5.74, 6) is 1.44. The van der Waals surface area contributed by atoms with Crippen molar-refractivity contribution in [2.45, 2.75) is 27.2 Å². The Bertz CT molecular complexity index is 847. The zero-order valence-electron chi connectivity index (χ0n) is 16.6. The maximum absolute atomic E-state index is 12.4. The van der Waals surface area contributed by atoms with Crippen molar-refractivity contribution in [3.63, 3.8) is 0 Å². The van der Waals surface area contributed by atoms with Gasteiger partial charge in [0.15, 0.2) is 5.82 Å². The molecule has 3 rings (SSSR count). The Labute approximate surface area is 165 Å². The Morgan fingerprint density at radius 1 is 1.07 bits per heavy atom. The molecule has 0 aliphatic carbocycles. The van der Waals surface area contributed by atoms with Gasteiger partial charge in [-0.1, -0.05) is 6.07 Å². The monoisotopic (exact) mass is 382 g/mol. The van der Waals surface area contributed by atoms with Crippen LogP contribution in [0.15, 0.2) is 24.4 Å². The molecule has 2 aromatic heterocycles. The van der Waals surface area contributed by atoms with Crippen LogP contribution in [0.1, 0.15) is 24.6 Å². The quantitative estimate of drug-likeness (QED) is 0.845. The summed E-state index contributed by atoms with van der Waals surface area (Å²) in [5.41, 5.74) is 2.56. The van der Waals surface area contributed by atoms with E-state index in [-0.39, 0.29) is 11.8 Å². The first-order valence-corrected chi connectivity index (χ1v) is 9.49. The van der Waals surface area contributed by atoms with Gasteiger partial charge >= 0.3 is 0 Å². The van der Waals surface area contributed by atoms with Crippen molar-refractivity contribution in [1.29, 1.82) is 0 Å². The number of piperazine rings is 1. The first-order valence-electron chi connectivity index (χ1n) is 9.49. The lowest BCUT2D eigenvalue weighted by molar-refractivity contribution is -0.138. The molecule has 2 amide bonds. The Morgan fingerprint density at radius 2 is 1.79 bits per heavy atom. The van der Waals surface area contributed by atoms with E-state index in [4.69, 9.17) is 0 Å². The minimum atomic E-state index is 0.0621. The average molecular weight is 382 g/mol. The second-order valence-electron chi connectivity index (χ2n) is 6.88. The van der Waals surface area contributed by atoms with Crippen LogP contribution in [0.2, 0.25) is 0 Å². The number of nitrogens with zero attached hydrogens (tertiary/aromatic N) is 5. The molecule has 1 aliphatic heterocycles. The van der Waals surface area contributed by atoms with Gasteiger partial charge in [-0.2, -0.15) is 0 Å². The zero-order chi connectivity index (χ0) is 20.1. The molecule has 8 heteroatoms. The number of aryl methyl sites for hydroxylation is 1. The molecule has 0 aromatic carbocycles. The van der Waals surface area contributed by atoms with E-state index in [0.717, 1.165) is 17.1 Å². The largest absolute Gasteiger partial charge is 0.369 e. The number of aromatic nitrogens is 3. The maximum atomic E-state index is 12.4. The number of anilines is 1. The first kappa shape index (κ1) is 19.7. The SMILES string of the molecule is CC(=O)N1CCN(C(=O)CCNc2nc(-c3ccccn3)nc(C)c2C)CC1. The molecule has 0 radical (unpaired) electrons. The number of hydrogen-bond acceptors (Lipinski definition) is 6. The van der Waals surface area contributed by atoms with Crippen LogP contribution in [0.5, 0.6) is 0 Å². The van der Waals surface area contributed by atoms with Crippen LogP contribution in [0.3, 0.4) is 0 Å². The summed E-state index contributed by atoms with van der Waals surface area (Å²) in [6.45, 7) is 8.34. The second kappa shape index (κ2) is 8.77. The number of hydrogen-bond donors (Lipinski definition) is 1. The first-order chi connectivity index (χ1) is 13.5. The lowest BCUT2D eigenvalue weighted by atomic mass is 10.2. The summed E-state index contributed by atoms with van der Waals surface area (Å²) in [7, 11) is 0. The van der Waals surface area contributed by atoms with Gasteiger partial charge in [0.05, 0.1) is 0 Å². The highest BCUT2D eigenvalue weighted by atomic mass is 16.2. The van der Waals surface area contributed by atoms with E-state index >= 15 is 0 Å². The van der Waals surface area contributed by atoms with Gasteiger partial charge in [0.1, 0.15) is 11.5 Å². The highest BCUT2D eigenvalue weighted by Gasteiger charge is 2.22. The summed E-state index contributed by atoms with van der Waals surface area (Å²) in [6, 6.07) is 5.63. The predicted molar refractivity (Wildman–Crippen MR) is 107 cm³/mol. The highest BCUT2D eigenvalue weighted by molar-refractivity contribution is 5.78. The number of nitrogens with one attached hydrogen (secondary N) is 1. The third-order valence-electron chi connectivity index (χ3n) is 4.99. The molecule has 3 heterocycles. The molecular formula is C20H26N6O2. The highest BCUT2D eigenvalue weighted by Crippen LogP contribution is 2.20. The fourth-order valence-electron chi connectivity index (χ4n) is 3.13. The summed E-state index contributed by atoms with van der Waals surface area (Å²) in [5, 5.41) is 3.27. The van der Waals surface area contributed by atoms with E-state index in [1.165, 1.54) is 0 Å². The summed E-state index contributed by atoms with van der Waals surface area (Å²) in [6.07, 6.45) is 2.09. The summed E-state index contributed by atoms with van der Waals surface area (Å²) >= 11 is 0. The number of pyridine rings is 1. The van der Waals surface area contributed by atoms with Gasteiger partial charge in [-0.15, -0.1) is 0 Å². The van der Waals surface area contributed by atoms with E-state index in [1.807, 2.05) is 36.9 Å². The molecule has 0 saturated carbocycles. The molecule has 1 saturated heterocycles. The molecule has 1 aliphatic rings. The predicted octanol–water partition coefficient (Wildman–Crippen LogP) is 1.65. The summed E-state index contributed by atoms with van der Waals surface area (Å²) in [4.78, 5) is 40.8. The maximum Gasteiger partial charge on any atom is 0.224 e. The number of rotatable bonds is 5. The topological polar surface area (TPSA) is 91.3 Å². The Balaban J connectivity index is 1.58. The van der Waals surface area contributed by atoms with Gasteiger partial charge in [-0.3, -0.25) is 14.6 Å². The van der Waals surface area contributed by atoms with E-state index < -0.39 is 0 Å². The minimum absolute atomic E-state index is 0.0621. The van der Waals surface area contributed by atoms with Crippen molar-refractivity contribution < 1.29 is 9.59 Å².